The molecule has 0 heterocycles. The molecule has 0 fully saturated rings. The summed E-state index contributed by atoms with van der Waals surface area (Å²) in [5.41, 5.74) is 4.38. The minimum Gasteiger partial charge on any atom is -0.496 e. The number of nitrogens with zero attached hydrogens (tertiary/aromatic N) is 2. The van der Waals surface area contributed by atoms with Crippen LogP contribution in [0.1, 0.15) is 21.5 Å². The summed E-state index contributed by atoms with van der Waals surface area (Å²) in [6, 6.07) is 22.6. The van der Waals surface area contributed by atoms with E-state index >= 15 is 0 Å². The number of nitrogens with one attached hydrogen (secondary N) is 1. The third-order valence-corrected chi connectivity index (χ3v) is 5.42. The second kappa shape index (κ2) is 11.0. The molecule has 0 bridgehead atoms. The molecule has 9 nitrogen and oxygen atoms in total. The molecule has 0 aliphatic carbocycles. The fourth-order valence-electron chi connectivity index (χ4n) is 3.55. The number of carbonyl (C=O) groups excluding carboxylic acids is 1. The zero-order chi connectivity index (χ0) is 25.5. The second-order valence-electron chi connectivity index (χ2n) is 7.72. The number of fused-ring (bicyclic) bond motifs is 1. The molecule has 4 rings (SSSR count). The number of rotatable bonds is 9. The number of nitro groups is 1. The topological polar surface area (TPSA) is 112 Å². The fraction of sp³-hybridized carbons (Fsp3) is 0.111. The molecular formula is C27H23N3O6. The standard InChI is InChI=1S/C27H23N3O6/c1-34-25-15-21-6-4-3-5-20(21)14-23(25)27(31)29-28-16-19-9-12-24(26(13-19)35-2)36-17-18-7-10-22(11-8-18)30(32)33/h3-16H,17H2,1-2H3,(H,29,31)/b28-16-. The summed E-state index contributed by atoms with van der Waals surface area (Å²) < 4.78 is 16.6. The Morgan fingerprint density at radius 3 is 2.28 bits per heavy atom. The molecule has 4 aromatic rings. The van der Waals surface area contributed by atoms with Crippen LogP contribution >= 0.6 is 0 Å². The number of nitro benzene ring substituents is 1. The van der Waals surface area contributed by atoms with E-state index in [2.05, 4.69) is 10.5 Å². The van der Waals surface area contributed by atoms with Crippen LogP contribution in [0.3, 0.4) is 0 Å². The van der Waals surface area contributed by atoms with Gasteiger partial charge in [0.05, 0.1) is 30.9 Å². The zero-order valence-corrected chi connectivity index (χ0v) is 19.6. The minimum atomic E-state index is -0.450. The summed E-state index contributed by atoms with van der Waals surface area (Å²) in [6.07, 6.45) is 1.49. The highest BCUT2D eigenvalue weighted by Gasteiger charge is 2.13. The van der Waals surface area contributed by atoms with Gasteiger partial charge in [-0.25, -0.2) is 5.43 Å². The SMILES string of the molecule is COc1cc(/C=N\NC(=O)c2cc3ccccc3cc2OC)ccc1OCc1ccc([N+](=O)[O-])cc1. The molecule has 0 radical (unpaired) electrons. The lowest BCUT2D eigenvalue weighted by atomic mass is 10.1. The first kappa shape index (κ1) is 24.2. The average Bonchev–Trinajstić information content (AvgIpc) is 2.91. The van der Waals surface area contributed by atoms with E-state index in [0.29, 0.717) is 28.4 Å². The molecule has 36 heavy (non-hydrogen) atoms. The molecule has 9 heteroatoms. The lowest BCUT2D eigenvalue weighted by Gasteiger charge is -2.11. The van der Waals surface area contributed by atoms with Crippen molar-refractivity contribution >= 4 is 28.6 Å². The third-order valence-electron chi connectivity index (χ3n) is 5.42. The number of non-ortho nitro benzene ring substituents is 1. The van der Waals surface area contributed by atoms with Crippen molar-refractivity contribution in [1.82, 2.24) is 5.43 Å². The van der Waals surface area contributed by atoms with Crippen LogP contribution in [0.15, 0.2) is 84.0 Å². The normalized spacial score (nSPS) is 10.8. The van der Waals surface area contributed by atoms with Crippen molar-refractivity contribution in [3.05, 3.63) is 106 Å². The number of carbonyl (C=O) groups is 1. The molecule has 0 saturated heterocycles. The first-order chi connectivity index (χ1) is 17.5. The van der Waals surface area contributed by atoms with Crippen LogP contribution in [0.4, 0.5) is 5.69 Å². The summed E-state index contributed by atoms with van der Waals surface area (Å²) in [6.45, 7) is 0.214. The van der Waals surface area contributed by atoms with Crippen LogP contribution in [0, 0.1) is 10.1 Å². The molecule has 182 valence electrons. The van der Waals surface area contributed by atoms with Gasteiger partial charge in [-0.15, -0.1) is 0 Å². The van der Waals surface area contributed by atoms with Gasteiger partial charge in [-0.1, -0.05) is 24.3 Å². The number of benzene rings is 4. The Morgan fingerprint density at radius 2 is 1.61 bits per heavy atom. The van der Waals surface area contributed by atoms with E-state index in [4.69, 9.17) is 14.2 Å². The van der Waals surface area contributed by atoms with Gasteiger partial charge in [-0.2, -0.15) is 5.10 Å². The lowest BCUT2D eigenvalue weighted by Crippen LogP contribution is -2.18. The maximum atomic E-state index is 12.7. The van der Waals surface area contributed by atoms with Crippen molar-refractivity contribution < 1.29 is 23.9 Å². The predicted molar refractivity (Wildman–Crippen MR) is 136 cm³/mol. The Kier molecular flexibility index (Phi) is 7.40. The van der Waals surface area contributed by atoms with E-state index < -0.39 is 10.8 Å². The molecule has 4 aromatic carbocycles. The van der Waals surface area contributed by atoms with Crippen molar-refractivity contribution in [3.8, 4) is 17.2 Å². The summed E-state index contributed by atoms with van der Waals surface area (Å²) in [5.74, 6) is 1.03. The molecule has 1 N–H and O–H groups in total. The highest BCUT2D eigenvalue weighted by Crippen LogP contribution is 2.29. The molecule has 0 spiro atoms. The largest absolute Gasteiger partial charge is 0.496 e. The molecule has 1 amide bonds. The smallest absolute Gasteiger partial charge is 0.275 e. The molecule has 0 unspecified atom stereocenters. The van der Waals surface area contributed by atoms with E-state index in [-0.39, 0.29) is 12.3 Å². The Balaban J connectivity index is 1.42. The van der Waals surface area contributed by atoms with Crippen molar-refractivity contribution in [2.24, 2.45) is 5.10 Å². The number of methoxy groups -OCH3 is 2. The molecular weight excluding hydrogens is 462 g/mol. The Bertz CT molecular complexity index is 1430. The van der Waals surface area contributed by atoms with Crippen molar-refractivity contribution in [2.45, 2.75) is 6.61 Å². The average molecular weight is 485 g/mol. The summed E-state index contributed by atoms with van der Waals surface area (Å²) in [5, 5.41) is 16.7. The van der Waals surface area contributed by atoms with E-state index in [0.717, 1.165) is 16.3 Å². The quantitative estimate of drug-likeness (QED) is 0.200. The number of ether oxygens (including phenoxy) is 3. The van der Waals surface area contributed by atoms with Gasteiger partial charge in [0.25, 0.3) is 11.6 Å². The Labute approximate surface area is 207 Å². The molecule has 0 atom stereocenters. The van der Waals surface area contributed by atoms with Crippen molar-refractivity contribution in [3.63, 3.8) is 0 Å². The maximum absolute atomic E-state index is 12.7. The van der Waals surface area contributed by atoms with Crippen LogP contribution in [-0.2, 0) is 6.61 Å². The predicted octanol–water partition coefficient (Wildman–Crippen LogP) is 5.11. The van der Waals surface area contributed by atoms with E-state index in [1.165, 1.54) is 32.6 Å². The van der Waals surface area contributed by atoms with Gasteiger partial charge in [0.1, 0.15) is 12.4 Å². The van der Waals surface area contributed by atoms with Crippen LogP contribution in [0.5, 0.6) is 17.2 Å². The molecule has 0 saturated carbocycles. The Morgan fingerprint density at radius 1 is 0.917 bits per heavy atom. The van der Waals surface area contributed by atoms with E-state index in [9.17, 15) is 14.9 Å². The number of amides is 1. The Hall–Kier alpha value is -4.92. The highest BCUT2D eigenvalue weighted by molar-refractivity contribution is 6.02. The summed E-state index contributed by atoms with van der Waals surface area (Å²) in [4.78, 5) is 23.1. The monoisotopic (exact) mass is 485 g/mol. The number of hydrogen-bond acceptors (Lipinski definition) is 7. The third kappa shape index (κ3) is 5.58. The van der Waals surface area contributed by atoms with Crippen molar-refractivity contribution in [2.75, 3.05) is 14.2 Å². The first-order valence-corrected chi connectivity index (χ1v) is 10.9. The van der Waals surface area contributed by atoms with Gasteiger partial charge in [0, 0.05) is 12.1 Å². The second-order valence-corrected chi connectivity index (χ2v) is 7.72. The molecule has 0 aliphatic heterocycles. The van der Waals surface area contributed by atoms with Crippen LogP contribution < -0.4 is 19.6 Å². The van der Waals surface area contributed by atoms with Gasteiger partial charge >= 0.3 is 0 Å². The van der Waals surface area contributed by atoms with E-state index in [1.54, 1.807) is 36.4 Å². The fourth-order valence-corrected chi connectivity index (χ4v) is 3.55. The summed E-state index contributed by atoms with van der Waals surface area (Å²) >= 11 is 0. The van der Waals surface area contributed by atoms with E-state index in [1.807, 2.05) is 30.3 Å². The zero-order valence-electron chi connectivity index (χ0n) is 19.6. The summed E-state index contributed by atoms with van der Waals surface area (Å²) in [7, 11) is 3.03. The van der Waals surface area contributed by atoms with Crippen LogP contribution in [0.25, 0.3) is 10.8 Å². The first-order valence-electron chi connectivity index (χ1n) is 10.9. The van der Waals surface area contributed by atoms with Gasteiger partial charge in [-0.3, -0.25) is 14.9 Å². The number of hydrogen-bond donors (Lipinski definition) is 1. The van der Waals surface area contributed by atoms with Gasteiger partial charge in [-0.05, 0) is 64.4 Å². The van der Waals surface area contributed by atoms with Gasteiger partial charge < -0.3 is 14.2 Å². The maximum Gasteiger partial charge on any atom is 0.275 e. The molecule has 0 aliphatic rings. The number of hydrazone groups is 1. The molecule has 0 aromatic heterocycles. The van der Waals surface area contributed by atoms with Crippen LogP contribution in [0.2, 0.25) is 0 Å². The van der Waals surface area contributed by atoms with Crippen LogP contribution in [-0.4, -0.2) is 31.3 Å². The van der Waals surface area contributed by atoms with Gasteiger partial charge in [0.2, 0.25) is 0 Å². The minimum absolute atomic E-state index is 0.0196. The lowest BCUT2D eigenvalue weighted by molar-refractivity contribution is -0.384. The van der Waals surface area contributed by atoms with Gasteiger partial charge in [0.15, 0.2) is 11.5 Å². The van der Waals surface area contributed by atoms with Crippen molar-refractivity contribution in [1.29, 1.82) is 0 Å². The highest BCUT2D eigenvalue weighted by atomic mass is 16.6.